The van der Waals surface area contributed by atoms with Gasteiger partial charge in [-0.15, -0.1) is 0 Å². The van der Waals surface area contributed by atoms with Crippen LogP contribution in [-0.4, -0.2) is 0 Å². The van der Waals surface area contributed by atoms with Crippen LogP contribution in [0, 0.1) is 12.1 Å². The second-order valence-corrected chi connectivity index (χ2v) is 3.53. The van der Waals surface area contributed by atoms with Gasteiger partial charge >= 0.3 is 6.18 Å². The third-order valence-electron chi connectivity index (χ3n) is 2.14. The molecule has 92 valence electrons. The van der Waals surface area contributed by atoms with Crippen LogP contribution in [0.25, 0.3) is 12.7 Å². The van der Waals surface area contributed by atoms with Crippen molar-refractivity contribution in [3.8, 4) is 0 Å². The summed E-state index contributed by atoms with van der Waals surface area (Å²) in [7, 11) is 0. The van der Waals surface area contributed by atoms with E-state index in [9.17, 15) is 18.4 Å². The van der Waals surface area contributed by atoms with E-state index >= 15 is 0 Å². The number of halogens is 3. The molecule has 0 radical (unpaired) electrons. The summed E-state index contributed by atoms with van der Waals surface area (Å²) in [5.74, 6) is 0. The van der Waals surface area contributed by atoms with Crippen LogP contribution < -0.4 is 15.9 Å². The molecule has 1 rings (SSSR count). The molecule has 0 aliphatic rings. The molecule has 0 aliphatic heterocycles. The molecule has 0 bridgehead atoms. The zero-order valence-electron chi connectivity index (χ0n) is 9.14. The highest BCUT2D eigenvalue weighted by Crippen LogP contribution is 2.26. The van der Waals surface area contributed by atoms with Gasteiger partial charge in [-0.1, -0.05) is 18.7 Å². The number of hydrogen-bond acceptors (Lipinski definition) is 2. The van der Waals surface area contributed by atoms with Gasteiger partial charge in [-0.25, -0.2) is 0 Å². The van der Waals surface area contributed by atoms with Gasteiger partial charge in [0.1, 0.15) is 0 Å². The Balaban J connectivity index is 3.53. The molecule has 0 atom stereocenters. The van der Waals surface area contributed by atoms with E-state index in [2.05, 4.69) is 6.58 Å². The standard InChI is InChI=1S/C12H11F3NO/c1-8-6-9(2)10(4-3-5-16-17)11(7-8)12(13,14)15/h3-7,16H,2H2,1H3/q-1/b5-3-,10-4+. The van der Waals surface area contributed by atoms with Crippen molar-refractivity contribution in [2.45, 2.75) is 13.1 Å². The minimum atomic E-state index is -4.44. The van der Waals surface area contributed by atoms with Gasteiger partial charge in [0, 0.05) is 0 Å². The lowest BCUT2D eigenvalue weighted by atomic mass is 10.1. The van der Waals surface area contributed by atoms with Crippen molar-refractivity contribution < 1.29 is 13.2 Å². The smallest absolute Gasteiger partial charge is 0.417 e. The van der Waals surface area contributed by atoms with Gasteiger partial charge in [0.25, 0.3) is 0 Å². The van der Waals surface area contributed by atoms with Crippen molar-refractivity contribution in [3.05, 3.63) is 51.2 Å². The normalized spacial score (nSPS) is 13.4. The first-order valence-electron chi connectivity index (χ1n) is 4.77. The molecular weight excluding hydrogens is 231 g/mol. The van der Waals surface area contributed by atoms with E-state index in [1.807, 2.05) is 0 Å². The van der Waals surface area contributed by atoms with Gasteiger partial charge in [0.2, 0.25) is 0 Å². The Morgan fingerprint density at radius 1 is 1.35 bits per heavy atom. The van der Waals surface area contributed by atoms with Crippen LogP contribution in [0.5, 0.6) is 0 Å². The Bertz CT molecular complexity index is 532. The van der Waals surface area contributed by atoms with Gasteiger partial charge in [-0.05, 0) is 41.3 Å². The molecule has 0 aromatic heterocycles. The number of hydrogen-bond donors (Lipinski definition) is 1. The highest BCUT2D eigenvalue weighted by atomic mass is 19.4. The SMILES string of the molecule is C=c1cc(C)cc(C(F)(F)F)/c1=C/C=C\N[O-]. The van der Waals surface area contributed by atoms with Gasteiger partial charge < -0.3 is 10.7 Å². The highest BCUT2D eigenvalue weighted by molar-refractivity contribution is 5.43. The molecule has 0 fully saturated rings. The number of alkyl halides is 3. The Morgan fingerprint density at radius 3 is 2.53 bits per heavy atom. The third-order valence-corrected chi connectivity index (χ3v) is 2.14. The van der Waals surface area contributed by atoms with Crippen LogP contribution in [0.4, 0.5) is 13.2 Å². The van der Waals surface area contributed by atoms with Crippen molar-refractivity contribution >= 4 is 12.7 Å². The minimum absolute atomic E-state index is 0.0328. The van der Waals surface area contributed by atoms with Gasteiger partial charge in [-0.3, -0.25) is 0 Å². The third kappa shape index (κ3) is 3.35. The summed E-state index contributed by atoms with van der Waals surface area (Å²) in [5, 5.41) is 10.2. The number of aryl methyl sites for hydroxylation is 1. The summed E-state index contributed by atoms with van der Waals surface area (Å²) in [4.78, 5) is 0. The van der Waals surface area contributed by atoms with E-state index < -0.39 is 11.7 Å². The molecule has 5 heteroatoms. The zero-order valence-corrected chi connectivity index (χ0v) is 9.14. The van der Waals surface area contributed by atoms with Crippen LogP contribution in [0.15, 0.2) is 24.4 Å². The molecule has 0 saturated heterocycles. The maximum Gasteiger partial charge on any atom is 0.417 e. The average Bonchev–Trinajstić information content (AvgIpc) is 2.19. The average molecular weight is 242 g/mol. The van der Waals surface area contributed by atoms with Crippen LogP contribution >= 0.6 is 0 Å². The summed E-state index contributed by atoms with van der Waals surface area (Å²) in [5.41, 5.74) is 1.20. The quantitative estimate of drug-likeness (QED) is 0.803. The van der Waals surface area contributed by atoms with Crippen molar-refractivity contribution in [1.82, 2.24) is 5.48 Å². The summed E-state index contributed by atoms with van der Waals surface area (Å²) in [6, 6.07) is 2.61. The fraction of sp³-hybridized carbons (Fsp3) is 0.167. The maximum absolute atomic E-state index is 12.8. The van der Waals surface area contributed by atoms with Crippen LogP contribution in [-0.2, 0) is 6.18 Å². The lowest BCUT2D eigenvalue weighted by Crippen LogP contribution is -2.32. The predicted octanol–water partition coefficient (Wildman–Crippen LogP) is 1.81. The fourth-order valence-corrected chi connectivity index (χ4v) is 1.49. The van der Waals surface area contributed by atoms with Crippen molar-refractivity contribution in [2.24, 2.45) is 0 Å². The first-order valence-corrected chi connectivity index (χ1v) is 4.77. The Morgan fingerprint density at radius 2 is 2.00 bits per heavy atom. The van der Waals surface area contributed by atoms with E-state index in [0.717, 1.165) is 12.3 Å². The molecule has 0 unspecified atom stereocenters. The van der Waals surface area contributed by atoms with Gasteiger partial charge in [0.15, 0.2) is 0 Å². The molecule has 0 spiro atoms. The van der Waals surface area contributed by atoms with Gasteiger partial charge in [-0.2, -0.15) is 13.2 Å². The summed E-state index contributed by atoms with van der Waals surface area (Å²) < 4.78 is 38.3. The molecule has 17 heavy (non-hydrogen) atoms. The van der Waals surface area contributed by atoms with Crippen LogP contribution in [0.2, 0.25) is 0 Å². The molecule has 0 saturated carbocycles. The van der Waals surface area contributed by atoms with Crippen molar-refractivity contribution in [2.75, 3.05) is 0 Å². The van der Waals surface area contributed by atoms with E-state index in [-0.39, 0.29) is 10.4 Å². The first-order chi connectivity index (χ1) is 7.86. The molecular formula is C12H11F3NO-. The molecule has 1 aromatic carbocycles. The molecule has 0 amide bonds. The van der Waals surface area contributed by atoms with Crippen LogP contribution in [0.1, 0.15) is 11.1 Å². The fourth-order valence-electron chi connectivity index (χ4n) is 1.49. The topological polar surface area (TPSA) is 35.1 Å². The van der Waals surface area contributed by atoms with E-state index in [1.165, 1.54) is 17.6 Å². The molecule has 1 N–H and O–H groups in total. The number of hydroxylamine groups is 1. The van der Waals surface area contributed by atoms with Crippen molar-refractivity contribution in [3.63, 3.8) is 0 Å². The Labute approximate surface area is 96.3 Å². The van der Waals surface area contributed by atoms with Crippen LogP contribution in [0.3, 0.4) is 0 Å². The largest absolute Gasteiger partial charge is 0.761 e. The second kappa shape index (κ2) is 5.05. The number of nitrogens with one attached hydrogen (secondary N) is 1. The second-order valence-electron chi connectivity index (χ2n) is 3.53. The summed E-state index contributed by atoms with van der Waals surface area (Å²) in [6.45, 7) is 5.14. The Kier molecular flexibility index (Phi) is 3.96. The lowest BCUT2D eigenvalue weighted by molar-refractivity contribution is -0.138. The van der Waals surface area contributed by atoms with Crippen molar-refractivity contribution in [1.29, 1.82) is 0 Å². The number of rotatable bonds is 2. The summed E-state index contributed by atoms with van der Waals surface area (Å²) >= 11 is 0. The number of allylic oxidation sites excluding steroid dienone is 1. The molecule has 1 aromatic rings. The first kappa shape index (κ1) is 13.3. The summed E-state index contributed by atoms with van der Waals surface area (Å²) in [6.07, 6.45) is -1.03. The zero-order chi connectivity index (χ0) is 13.1. The monoisotopic (exact) mass is 242 g/mol. The predicted molar refractivity (Wildman–Crippen MR) is 61.1 cm³/mol. The van der Waals surface area contributed by atoms with E-state index in [0.29, 0.717) is 5.56 Å². The number of benzene rings is 1. The molecule has 0 aliphatic carbocycles. The molecule has 2 nitrogen and oxygen atoms in total. The van der Waals surface area contributed by atoms with E-state index in [4.69, 9.17) is 0 Å². The highest BCUT2D eigenvalue weighted by Gasteiger charge is 2.31. The lowest BCUT2D eigenvalue weighted by Gasteiger charge is -2.09. The van der Waals surface area contributed by atoms with E-state index in [1.54, 1.807) is 13.0 Å². The maximum atomic E-state index is 12.8. The minimum Gasteiger partial charge on any atom is -0.761 e. The Hall–Kier alpha value is -1.75. The van der Waals surface area contributed by atoms with Gasteiger partial charge in [0.05, 0.1) is 5.56 Å². The molecule has 0 heterocycles.